The van der Waals surface area contributed by atoms with Crippen LogP contribution in [-0.4, -0.2) is 46.7 Å². The standard InChI is InChI=1S/C19H23N3O3/c1-2-25-17(23)13-22(11-10-14-6-4-3-5-7-14)19(24)16-12-20-21-18(16)15-8-9-15/h3-7,12,15H,2,8-11,13H2,1H3,(H,20,21). The summed E-state index contributed by atoms with van der Waals surface area (Å²) in [6, 6.07) is 9.92. The van der Waals surface area contributed by atoms with E-state index in [1.54, 1.807) is 18.0 Å². The molecule has 0 bridgehead atoms. The number of rotatable bonds is 8. The van der Waals surface area contributed by atoms with Crippen molar-refractivity contribution >= 4 is 11.9 Å². The topological polar surface area (TPSA) is 75.3 Å². The fraction of sp³-hybridized carbons (Fsp3) is 0.421. The second-order valence-corrected chi connectivity index (χ2v) is 6.24. The number of carbonyl (C=O) groups excluding carboxylic acids is 2. The first-order valence-electron chi connectivity index (χ1n) is 8.71. The monoisotopic (exact) mass is 341 g/mol. The van der Waals surface area contributed by atoms with Crippen LogP contribution in [0.1, 0.15) is 47.3 Å². The maximum atomic E-state index is 13.0. The Bertz CT molecular complexity index is 723. The van der Waals surface area contributed by atoms with Crippen LogP contribution in [0.5, 0.6) is 0 Å². The zero-order valence-electron chi connectivity index (χ0n) is 14.4. The fourth-order valence-corrected chi connectivity index (χ4v) is 2.84. The minimum Gasteiger partial charge on any atom is -0.465 e. The molecule has 1 aliphatic carbocycles. The Balaban J connectivity index is 1.73. The van der Waals surface area contributed by atoms with Crippen LogP contribution in [0.25, 0.3) is 0 Å². The number of ether oxygens (including phenoxy) is 1. The number of amides is 1. The number of hydrogen-bond donors (Lipinski definition) is 1. The highest BCUT2D eigenvalue weighted by atomic mass is 16.5. The van der Waals surface area contributed by atoms with Crippen LogP contribution in [0.3, 0.4) is 0 Å². The van der Waals surface area contributed by atoms with E-state index in [4.69, 9.17) is 4.74 Å². The minimum absolute atomic E-state index is 0.0468. The second-order valence-electron chi connectivity index (χ2n) is 6.24. The maximum Gasteiger partial charge on any atom is 0.325 e. The van der Waals surface area contributed by atoms with E-state index in [9.17, 15) is 9.59 Å². The average molecular weight is 341 g/mol. The van der Waals surface area contributed by atoms with Gasteiger partial charge in [0.05, 0.1) is 24.1 Å². The van der Waals surface area contributed by atoms with Crippen LogP contribution in [-0.2, 0) is 16.0 Å². The molecule has 0 aliphatic heterocycles. The van der Waals surface area contributed by atoms with Gasteiger partial charge in [0.1, 0.15) is 6.54 Å². The van der Waals surface area contributed by atoms with Gasteiger partial charge in [-0.1, -0.05) is 30.3 Å². The lowest BCUT2D eigenvalue weighted by molar-refractivity contribution is -0.143. The number of esters is 1. The smallest absolute Gasteiger partial charge is 0.325 e. The third-order valence-electron chi connectivity index (χ3n) is 4.31. The molecule has 1 heterocycles. The van der Waals surface area contributed by atoms with Gasteiger partial charge >= 0.3 is 5.97 Å². The van der Waals surface area contributed by atoms with Crippen LogP contribution < -0.4 is 0 Å². The van der Waals surface area contributed by atoms with Crippen LogP contribution in [0, 0.1) is 0 Å². The number of carbonyl (C=O) groups is 2. The molecule has 0 atom stereocenters. The van der Waals surface area contributed by atoms with Crippen molar-refractivity contribution in [3.63, 3.8) is 0 Å². The van der Waals surface area contributed by atoms with Crippen LogP contribution in [0.4, 0.5) is 0 Å². The number of nitrogens with zero attached hydrogens (tertiary/aromatic N) is 2. The first kappa shape index (κ1) is 17.2. The van der Waals surface area contributed by atoms with Crippen molar-refractivity contribution in [1.29, 1.82) is 0 Å². The van der Waals surface area contributed by atoms with Crippen molar-refractivity contribution in [2.45, 2.75) is 32.1 Å². The summed E-state index contributed by atoms with van der Waals surface area (Å²) in [5, 5.41) is 6.97. The van der Waals surface area contributed by atoms with E-state index in [0.29, 0.717) is 31.1 Å². The highest BCUT2D eigenvalue weighted by Gasteiger charge is 2.32. The van der Waals surface area contributed by atoms with Crippen molar-refractivity contribution in [1.82, 2.24) is 15.1 Å². The molecule has 2 aromatic rings. The van der Waals surface area contributed by atoms with Gasteiger partial charge in [0, 0.05) is 12.5 Å². The summed E-state index contributed by atoms with van der Waals surface area (Å²) in [6.07, 6.45) is 4.40. The highest BCUT2D eigenvalue weighted by Crippen LogP contribution is 2.40. The zero-order chi connectivity index (χ0) is 17.6. The van der Waals surface area contributed by atoms with E-state index in [-0.39, 0.29) is 18.4 Å². The van der Waals surface area contributed by atoms with E-state index in [1.807, 2.05) is 30.3 Å². The number of H-pyrrole nitrogens is 1. The summed E-state index contributed by atoms with van der Waals surface area (Å²) in [6.45, 7) is 2.47. The number of aromatic amines is 1. The van der Waals surface area contributed by atoms with Crippen LogP contribution in [0.2, 0.25) is 0 Å². The lowest BCUT2D eigenvalue weighted by atomic mass is 10.1. The predicted octanol–water partition coefficient (Wildman–Crippen LogP) is 2.54. The molecule has 1 aromatic carbocycles. The van der Waals surface area contributed by atoms with Gasteiger partial charge in [-0.25, -0.2) is 0 Å². The second kappa shape index (κ2) is 7.96. The molecule has 6 nitrogen and oxygen atoms in total. The highest BCUT2D eigenvalue weighted by molar-refractivity contribution is 5.97. The normalized spacial score (nSPS) is 13.5. The van der Waals surface area contributed by atoms with Gasteiger partial charge in [0.15, 0.2) is 0 Å². The van der Waals surface area contributed by atoms with Gasteiger partial charge in [-0.15, -0.1) is 0 Å². The van der Waals surface area contributed by atoms with E-state index < -0.39 is 0 Å². The molecular formula is C19H23N3O3. The molecule has 3 rings (SSSR count). The van der Waals surface area contributed by atoms with Gasteiger partial charge in [0.2, 0.25) is 0 Å². The van der Waals surface area contributed by atoms with Crippen molar-refractivity contribution in [3.8, 4) is 0 Å². The van der Waals surface area contributed by atoms with E-state index in [1.165, 1.54) is 0 Å². The molecule has 0 unspecified atom stereocenters. The Morgan fingerprint density at radius 2 is 2.04 bits per heavy atom. The molecule has 1 saturated carbocycles. The number of benzene rings is 1. The van der Waals surface area contributed by atoms with E-state index in [0.717, 1.165) is 24.1 Å². The van der Waals surface area contributed by atoms with Crippen LogP contribution in [0.15, 0.2) is 36.5 Å². The van der Waals surface area contributed by atoms with Gasteiger partial charge < -0.3 is 9.64 Å². The minimum atomic E-state index is -0.389. The molecule has 1 N–H and O–H groups in total. The molecule has 1 aliphatic rings. The third kappa shape index (κ3) is 4.47. The Hall–Kier alpha value is -2.63. The van der Waals surface area contributed by atoms with Crippen molar-refractivity contribution < 1.29 is 14.3 Å². The molecule has 1 aromatic heterocycles. The van der Waals surface area contributed by atoms with E-state index >= 15 is 0 Å². The maximum absolute atomic E-state index is 13.0. The Morgan fingerprint density at radius 3 is 2.72 bits per heavy atom. The molecular weight excluding hydrogens is 318 g/mol. The summed E-state index contributed by atoms with van der Waals surface area (Å²) in [4.78, 5) is 26.5. The zero-order valence-corrected chi connectivity index (χ0v) is 14.4. The molecule has 0 saturated heterocycles. The first-order chi connectivity index (χ1) is 12.2. The Labute approximate surface area is 147 Å². The summed E-state index contributed by atoms with van der Waals surface area (Å²) in [7, 11) is 0. The van der Waals surface area contributed by atoms with Crippen LogP contribution >= 0.6 is 0 Å². The lowest BCUT2D eigenvalue weighted by Gasteiger charge is -2.22. The molecule has 25 heavy (non-hydrogen) atoms. The predicted molar refractivity (Wildman–Crippen MR) is 93.2 cm³/mol. The van der Waals surface area contributed by atoms with Crippen molar-refractivity contribution in [2.75, 3.05) is 19.7 Å². The molecule has 1 fully saturated rings. The Morgan fingerprint density at radius 1 is 1.28 bits per heavy atom. The molecule has 0 spiro atoms. The summed E-state index contributed by atoms with van der Waals surface area (Å²) in [5.41, 5.74) is 2.58. The molecule has 0 radical (unpaired) electrons. The average Bonchev–Trinajstić information content (AvgIpc) is 3.35. The molecule has 6 heteroatoms. The van der Waals surface area contributed by atoms with Crippen molar-refractivity contribution in [3.05, 3.63) is 53.3 Å². The van der Waals surface area contributed by atoms with Gasteiger partial charge in [-0.05, 0) is 31.7 Å². The fourth-order valence-electron chi connectivity index (χ4n) is 2.84. The third-order valence-corrected chi connectivity index (χ3v) is 4.31. The Kier molecular flexibility index (Phi) is 5.48. The quantitative estimate of drug-likeness (QED) is 0.749. The van der Waals surface area contributed by atoms with Crippen molar-refractivity contribution in [2.24, 2.45) is 0 Å². The van der Waals surface area contributed by atoms with Gasteiger partial charge in [0.25, 0.3) is 5.91 Å². The molecule has 1 amide bonds. The SMILES string of the molecule is CCOC(=O)CN(CCc1ccccc1)C(=O)c1cn[nH]c1C1CC1. The summed E-state index contributed by atoms with van der Waals surface area (Å²) in [5.74, 6) is -0.167. The van der Waals surface area contributed by atoms with E-state index in [2.05, 4.69) is 10.2 Å². The number of hydrogen-bond acceptors (Lipinski definition) is 4. The largest absolute Gasteiger partial charge is 0.465 e. The molecule has 132 valence electrons. The number of nitrogens with one attached hydrogen (secondary N) is 1. The van der Waals surface area contributed by atoms with Gasteiger partial charge in [-0.2, -0.15) is 5.10 Å². The summed E-state index contributed by atoms with van der Waals surface area (Å²) < 4.78 is 5.03. The number of aromatic nitrogens is 2. The lowest BCUT2D eigenvalue weighted by Crippen LogP contribution is -2.38. The summed E-state index contributed by atoms with van der Waals surface area (Å²) >= 11 is 0. The first-order valence-corrected chi connectivity index (χ1v) is 8.71. The van der Waals surface area contributed by atoms with Gasteiger partial charge in [-0.3, -0.25) is 14.7 Å².